The van der Waals surface area contributed by atoms with Gasteiger partial charge in [-0.1, -0.05) is 26.0 Å². The largest absolute Gasteiger partial charge is 0.374 e. The molecule has 0 aromatic rings. The van der Waals surface area contributed by atoms with E-state index in [4.69, 9.17) is 0 Å². The van der Waals surface area contributed by atoms with Crippen molar-refractivity contribution >= 4 is 0 Å². The van der Waals surface area contributed by atoms with Gasteiger partial charge in [0, 0.05) is 12.6 Å². The van der Waals surface area contributed by atoms with Gasteiger partial charge < -0.3 is 4.90 Å². The van der Waals surface area contributed by atoms with Crippen LogP contribution in [0.25, 0.3) is 0 Å². The highest BCUT2D eigenvalue weighted by Crippen LogP contribution is 2.25. The van der Waals surface area contributed by atoms with Crippen LogP contribution in [-0.2, 0) is 0 Å². The molecule has 0 aromatic carbocycles. The number of hydrogen-bond donors (Lipinski definition) is 0. The maximum absolute atomic E-state index is 3.88. The zero-order chi connectivity index (χ0) is 9.68. The summed E-state index contributed by atoms with van der Waals surface area (Å²) in [7, 11) is 0. The van der Waals surface area contributed by atoms with Gasteiger partial charge in [-0.2, -0.15) is 0 Å². The van der Waals surface area contributed by atoms with Crippen LogP contribution in [0, 0.1) is 5.92 Å². The molecule has 0 amide bonds. The van der Waals surface area contributed by atoms with Crippen LogP contribution < -0.4 is 0 Å². The van der Waals surface area contributed by atoms with E-state index in [0.717, 1.165) is 12.6 Å². The van der Waals surface area contributed by atoms with Gasteiger partial charge in [0.05, 0.1) is 0 Å². The summed E-state index contributed by atoms with van der Waals surface area (Å²) in [6.45, 7) is 11.1. The van der Waals surface area contributed by atoms with Crippen LogP contribution in [0.3, 0.4) is 0 Å². The fraction of sp³-hybridized carbons (Fsp3) is 0.667. The third kappa shape index (κ3) is 2.61. The summed E-state index contributed by atoms with van der Waals surface area (Å²) in [5.74, 6) is 0.672. The molecule has 0 spiro atoms. The summed E-state index contributed by atoms with van der Waals surface area (Å²) < 4.78 is 0. The molecule has 0 aliphatic carbocycles. The fourth-order valence-corrected chi connectivity index (χ4v) is 2.14. The van der Waals surface area contributed by atoms with Gasteiger partial charge in [0.15, 0.2) is 0 Å². The van der Waals surface area contributed by atoms with Crippen molar-refractivity contribution in [1.82, 2.24) is 4.90 Å². The van der Waals surface area contributed by atoms with Gasteiger partial charge in [-0.15, -0.1) is 6.58 Å². The predicted molar refractivity (Wildman–Crippen MR) is 58.5 cm³/mol. The minimum atomic E-state index is 0.672. The van der Waals surface area contributed by atoms with Crippen molar-refractivity contribution in [3.8, 4) is 0 Å². The molecule has 1 fully saturated rings. The molecule has 2 unspecified atom stereocenters. The first kappa shape index (κ1) is 10.4. The Morgan fingerprint density at radius 3 is 2.69 bits per heavy atom. The normalized spacial score (nSPS) is 28.5. The molecule has 1 aliphatic heterocycles. The Labute approximate surface area is 82.1 Å². The van der Waals surface area contributed by atoms with Crippen LogP contribution in [0.4, 0.5) is 0 Å². The van der Waals surface area contributed by atoms with Crippen LogP contribution >= 0.6 is 0 Å². The molecular weight excluding hydrogens is 158 g/mol. The lowest BCUT2D eigenvalue weighted by Gasteiger charge is -2.38. The second kappa shape index (κ2) is 5.11. The summed E-state index contributed by atoms with van der Waals surface area (Å²) in [5.41, 5.74) is 0. The Kier molecular flexibility index (Phi) is 4.07. The molecule has 0 radical (unpaired) electrons. The standard InChI is InChI=1S/C12H21N/c1-4-7-12-9-8-11(5-2)10-13(12)6-3/h5-6,11-12H,2-4,7-10H2,1H3. The van der Waals surface area contributed by atoms with Gasteiger partial charge in [-0.3, -0.25) is 0 Å². The average Bonchev–Trinajstić information content (AvgIpc) is 2.19. The predicted octanol–water partition coefficient (Wildman–Crippen LogP) is 3.20. The topological polar surface area (TPSA) is 3.24 Å². The first-order chi connectivity index (χ1) is 6.31. The molecule has 74 valence electrons. The van der Waals surface area contributed by atoms with Crippen LogP contribution in [-0.4, -0.2) is 17.5 Å². The Bertz CT molecular complexity index is 174. The second-order valence-corrected chi connectivity index (χ2v) is 3.89. The highest BCUT2D eigenvalue weighted by Gasteiger charge is 2.23. The summed E-state index contributed by atoms with van der Waals surface area (Å²) in [5, 5.41) is 0. The van der Waals surface area contributed by atoms with E-state index < -0.39 is 0 Å². The summed E-state index contributed by atoms with van der Waals surface area (Å²) >= 11 is 0. The monoisotopic (exact) mass is 179 g/mol. The molecule has 1 heterocycles. The molecule has 1 nitrogen and oxygen atoms in total. The number of hydrogen-bond acceptors (Lipinski definition) is 1. The van der Waals surface area contributed by atoms with Crippen molar-refractivity contribution in [3.05, 3.63) is 25.4 Å². The molecule has 0 aromatic heterocycles. The molecule has 0 saturated carbocycles. The van der Waals surface area contributed by atoms with Gasteiger partial charge in [-0.25, -0.2) is 0 Å². The van der Waals surface area contributed by atoms with E-state index in [1.807, 2.05) is 6.20 Å². The zero-order valence-corrected chi connectivity index (χ0v) is 8.71. The molecule has 2 atom stereocenters. The van der Waals surface area contributed by atoms with Crippen molar-refractivity contribution in [2.75, 3.05) is 6.54 Å². The van der Waals surface area contributed by atoms with Crippen LogP contribution in [0.2, 0.25) is 0 Å². The van der Waals surface area contributed by atoms with E-state index in [1.54, 1.807) is 0 Å². The first-order valence-corrected chi connectivity index (χ1v) is 5.32. The van der Waals surface area contributed by atoms with E-state index >= 15 is 0 Å². The maximum Gasteiger partial charge on any atom is 0.0284 e. The highest BCUT2D eigenvalue weighted by atomic mass is 15.1. The minimum Gasteiger partial charge on any atom is -0.374 e. The average molecular weight is 179 g/mol. The van der Waals surface area contributed by atoms with Crippen LogP contribution in [0.1, 0.15) is 32.6 Å². The van der Waals surface area contributed by atoms with E-state index in [0.29, 0.717) is 5.92 Å². The number of piperidine rings is 1. The summed E-state index contributed by atoms with van der Waals surface area (Å²) in [6.07, 6.45) is 9.26. The Morgan fingerprint density at radius 1 is 1.38 bits per heavy atom. The zero-order valence-electron chi connectivity index (χ0n) is 8.71. The first-order valence-electron chi connectivity index (χ1n) is 5.32. The molecular formula is C12H21N. The van der Waals surface area contributed by atoms with E-state index in [-0.39, 0.29) is 0 Å². The number of likely N-dealkylation sites (tertiary alicyclic amines) is 1. The van der Waals surface area contributed by atoms with Crippen molar-refractivity contribution < 1.29 is 0 Å². The van der Waals surface area contributed by atoms with Crippen molar-refractivity contribution in [1.29, 1.82) is 0 Å². The Morgan fingerprint density at radius 2 is 2.15 bits per heavy atom. The second-order valence-electron chi connectivity index (χ2n) is 3.89. The van der Waals surface area contributed by atoms with Gasteiger partial charge in [0.2, 0.25) is 0 Å². The Balaban J connectivity index is 2.49. The summed E-state index contributed by atoms with van der Waals surface area (Å²) in [4.78, 5) is 2.39. The Hall–Kier alpha value is -0.720. The molecule has 1 rings (SSSR count). The lowest BCUT2D eigenvalue weighted by molar-refractivity contribution is 0.173. The minimum absolute atomic E-state index is 0.672. The third-order valence-electron chi connectivity index (χ3n) is 2.97. The lowest BCUT2D eigenvalue weighted by atomic mass is 9.91. The van der Waals surface area contributed by atoms with Crippen molar-refractivity contribution in [2.45, 2.75) is 38.6 Å². The van der Waals surface area contributed by atoms with E-state index in [1.165, 1.54) is 25.7 Å². The molecule has 1 saturated heterocycles. The SMILES string of the molecule is C=CC1CCC(CCC)N(C=C)C1. The quantitative estimate of drug-likeness (QED) is 0.599. The third-order valence-corrected chi connectivity index (χ3v) is 2.97. The van der Waals surface area contributed by atoms with Gasteiger partial charge in [-0.05, 0) is 31.4 Å². The van der Waals surface area contributed by atoms with Gasteiger partial charge >= 0.3 is 0 Å². The van der Waals surface area contributed by atoms with Crippen LogP contribution in [0.15, 0.2) is 25.4 Å². The van der Waals surface area contributed by atoms with Gasteiger partial charge in [0.25, 0.3) is 0 Å². The highest BCUT2D eigenvalue weighted by molar-refractivity contribution is 4.92. The van der Waals surface area contributed by atoms with Gasteiger partial charge in [0.1, 0.15) is 0 Å². The van der Waals surface area contributed by atoms with E-state index in [2.05, 4.69) is 31.1 Å². The van der Waals surface area contributed by atoms with Crippen molar-refractivity contribution in [2.24, 2.45) is 5.92 Å². The van der Waals surface area contributed by atoms with E-state index in [9.17, 15) is 0 Å². The van der Waals surface area contributed by atoms with Crippen LogP contribution in [0.5, 0.6) is 0 Å². The van der Waals surface area contributed by atoms with Crippen molar-refractivity contribution in [3.63, 3.8) is 0 Å². The molecule has 13 heavy (non-hydrogen) atoms. The fourth-order valence-electron chi connectivity index (χ4n) is 2.14. The molecule has 1 heteroatoms. The molecule has 0 bridgehead atoms. The summed E-state index contributed by atoms with van der Waals surface area (Å²) in [6, 6.07) is 0.735. The number of nitrogens with zero attached hydrogens (tertiary/aromatic N) is 1. The molecule has 1 aliphatic rings. The lowest BCUT2D eigenvalue weighted by Crippen LogP contribution is -2.39. The smallest absolute Gasteiger partial charge is 0.0284 e. The maximum atomic E-state index is 3.88. The molecule has 0 N–H and O–H groups in total. The number of rotatable bonds is 4.